The molecule has 0 bridgehead atoms. The molecule has 0 radical (unpaired) electrons. The zero-order valence-electron chi connectivity index (χ0n) is 10.7. The molecule has 3 aromatic heterocycles. The fourth-order valence-corrected chi connectivity index (χ4v) is 2.02. The lowest BCUT2D eigenvalue weighted by molar-refractivity contribution is 1.28. The second kappa shape index (κ2) is 4.97. The Bertz CT molecular complexity index is 662. The number of rotatable bonds is 2. The maximum Gasteiger partial charge on any atom is 0.147 e. The van der Waals surface area contributed by atoms with E-state index < -0.39 is 0 Å². The number of pyridine rings is 3. The highest BCUT2D eigenvalue weighted by molar-refractivity contribution is 5.85. The van der Waals surface area contributed by atoms with E-state index in [1.165, 1.54) is 0 Å². The number of anilines is 2. The van der Waals surface area contributed by atoms with Crippen molar-refractivity contribution >= 4 is 11.5 Å². The molecule has 0 aliphatic heterocycles. The van der Waals surface area contributed by atoms with Gasteiger partial charge in [0, 0.05) is 35.9 Å². The fraction of sp³-hybridized carbons (Fsp3) is 0. The van der Waals surface area contributed by atoms with Gasteiger partial charge in [-0.2, -0.15) is 0 Å². The standard InChI is InChI=1S/C15H13N5/c16-13-8-12(10-3-6-18-7-4-10)14(20-15(13)17)11-2-1-5-19-9-11/h1-9H,16H2,(H2,17,20). The Morgan fingerprint density at radius 2 is 1.65 bits per heavy atom. The minimum absolute atomic E-state index is 0.321. The van der Waals surface area contributed by atoms with Crippen molar-refractivity contribution in [2.75, 3.05) is 11.5 Å². The third kappa shape index (κ3) is 2.16. The Labute approximate surface area is 116 Å². The van der Waals surface area contributed by atoms with Gasteiger partial charge in [-0.1, -0.05) is 0 Å². The summed E-state index contributed by atoms with van der Waals surface area (Å²) in [6.45, 7) is 0. The van der Waals surface area contributed by atoms with Gasteiger partial charge in [0.2, 0.25) is 0 Å². The Morgan fingerprint density at radius 3 is 2.35 bits per heavy atom. The van der Waals surface area contributed by atoms with E-state index in [2.05, 4.69) is 15.0 Å². The van der Waals surface area contributed by atoms with Crippen molar-refractivity contribution in [1.82, 2.24) is 15.0 Å². The molecule has 5 nitrogen and oxygen atoms in total. The summed E-state index contributed by atoms with van der Waals surface area (Å²) in [4.78, 5) is 12.6. The summed E-state index contributed by atoms with van der Waals surface area (Å²) in [5.41, 5.74) is 15.7. The normalized spacial score (nSPS) is 10.4. The smallest absolute Gasteiger partial charge is 0.147 e. The van der Waals surface area contributed by atoms with Gasteiger partial charge in [0.15, 0.2) is 0 Å². The zero-order valence-corrected chi connectivity index (χ0v) is 10.7. The van der Waals surface area contributed by atoms with Gasteiger partial charge in [0.05, 0.1) is 11.4 Å². The number of nitrogens with two attached hydrogens (primary N) is 2. The number of hydrogen-bond acceptors (Lipinski definition) is 5. The SMILES string of the molecule is Nc1cc(-c2ccncc2)c(-c2cccnc2)nc1N. The molecule has 0 aliphatic rings. The molecule has 0 saturated heterocycles. The van der Waals surface area contributed by atoms with E-state index in [0.717, 1.165) is 22.4 Å². The van der Waals surface area contributed by atoms with E-state index in [1.807, 2.05) is 30.3 Å². The van der Waals surface area contributed by atoms with Crippen molar-refractivity contribution in [3.05, 3.63) is 55.1 Å². The van der Waals surface area contributed by atoms with Crippen LogP contribution in [0.3, 0.4) is 0 Å². The number of nitrogen functional groups attached to an aromatic ring is 2. The molecule has 20 heavy (non-hydrogen) atoms. The van der Waals surface area contributed by atoms with Gasteiger partial charge >= 0.3 is 0 Å². The molecule has 5 heteroatoms. The topological polar surface area (TPSA) is 90.7 Å². The Morgan fingerprint density at radius 1 is 0.850 bits per heavy atom. The Kier molecular flexibility index (Phi) is 3.01. The minimum atomic E-state index is 0.321. The maximum atomic E-state index is 5.89. The lowest BCUT2D eigenvalue weighted by Gasteiger charge is -2.11. The number of hydrogen-bond donors (Lipinski definition) is 2. The van der Waals surface area contributed by atoms with Crippen LogP contribution in [0.1, 0.15) is 0 Å². The molecule has 4 N–H and O–H groups in total. The van der Waals surface area contributed by atoms with Crippen molar-refractivity contribution in [3.8, 4) is 22.4 Å². The first-order valence-electron chi connectivity index (χ1n) is 6.12. The van der Waals surface area contributed by atoms with Crippen molar-refractivity contribution in [3.63, 3.8) is 0 Å². The second-order valence-electron chi connectivity index (χ2n) is 4.34. The quantitative estimate of drug-likeness (QED) is 0.740. The summed E-state index contributed by atoms with van der Waals surface area (Å²) in [5, 5.41) is 0. The van der Waals surface area contributed by atoms with Crippen molar-refractivity contribution in [2.45, 2.75) is 0 Å². The molecular formula is C15H13N5. The molecule has 0 spiro atoms. The lowest BCUT2D eigenvalue weighted by Crippen LogP contribution is -2.01. The molecule has 0 aromatic carbocycles. The highest BCUT2D eigenvalue weighted by Gasteiger charge is 2.12. The van der Waals surface area contributed by atoms with E-state index in [0.29, 0.717) is 11.5 Å². The molecule has 0 atom stereocenters. The Balaban J connectivity index is 2.26. The number of nitrogens with zero attached hydrogens (tertiary/aromatic N) is 3. The van der Waals surface area contributed by atoms with Gasteiger partial charge < -0.3 is 11.5 Å². The van der Waals surface area contributed by atoms with Crippen LogP contribution < -0.4 is 11.5 Å². The summed E-state index contributed by atoms with van der Waals surface area (Å²) in [5.74, 6) is 0.321. The molecule has 0 saturated carbocycles. The second-order valence-corrected chi connectivity index (χ2v) is 4.34. The summed E-state index contributed by atoms with van der Waals surface area (Å²) in [6, 6.07) is 9.45. The zero-order chi connectivity index (χ0) is 13.9. The first-order valence-corrected chi connectivity index (χ1v) is 6.12. The van der Waals surface area contributed by atoms with Crippen LogP contribution in [0.5, 0.6) is 0 Å². The first kappa shape index (κ1) is 12.1. The van der Waals surface area contributed by atoms with Crippen LogP contribution in [0.25, 0.3) is 22.4 Å². The van der Waals surface area contributed by atoms with Gasteiger partial charge in [-0.3, -0.25) is 9.97 Å². The summed E-state index contributed by atoms with van der Waals surface area (Å²) in [7, 11) is 0. The molecule has 0 aliphatic carbocycles. The minimum Gasteiger partial charge on any atom is -0.396 e. The lowest BCUT2D eigenvalue weighted by atomic mass is 10.0. The maximum absolute atomic E-state index is 5.89. The molecule has 0 amide bonds. The van der Waals surface area contributed by atoms with Crippen molar-refractivity contribution < 1.29 is 0 Å². The highest BCUT2D eigenvalue weighted by atomic mass is 14.9. The van der Waals surface area contributed by atoms with Crippen LogP contribution in [-0.4, -0.2) is 15.0 Å². The van der Waals surface area contributed by atoms with E-state index in [9.17, 15) is 0 Å². The van der Waals surface area contributed by atoms with Crippen LogP contribution in [0, 0.1) is 0 Å². The molecule has 0 fully saturated rings. The molecule has 3 aromatic rings. The third-order valence-corrected chi connectivity index (χ3v) is 3.01. The monoisotopic (exact) mass is 263 g/mol. The third-order valence-electron chi connectivity index (χ3n) is 3.01. The van der Waals surface area contributed by atoms with E-state index in [4.69, 9.17) is 11.5 Å². The van der Waals surface area contributed by atoms with Gasteiger partial charge in [-0.25, -0.2) is 4.98 Å². The van der Waals surface area contributed by atoms with Crippen LogP contribution in [-0.2, 0) is 0 Å². The number of aromatic nitrogens is 3. The predicted octanol–water partition coefficient (Wildman–Crippen LogP) is 2.37. The van der Waals surface area contributed by atoms with Gasteiger partial charge in [-0.15, -0.1) is 0 Å². The van der Waals surface area contributed by atoms with E-state index >= 15 is 0 Å². The van der Waals surface area contributed by atoms with Crippen LogP contribution >= 0.6 is 0 Å². The average Bonchev–Trinajstić information content (AvgIpc) is 2.51. The summed E-state index contributed by atoms with van der Waals surface area (Å²) in [6.07, 6.45) is 6.93. The van der Waals surface area contributed by atoms with Crippen LogP contribution in [0.15, 0.2) is 55.1 Å². The fourth-order valence-electron chi connectivity index (χ4n) is 2.02. The molecule has 3 heterocycles. The van der Waals surface area contributed by atoms with Crippen molar-refractivity contribution in [2.24, 2.45) is 0 Å². The first-order chi connectivity index (χ1) is 9.75. The van der Waals surface area contributed by atoms with Gasteiger partial charge in [0.1, 0.15) is 5.82 Å². The summed E-state index contributed by atoms with van der Waals surface area (Å²) >= 11 is 0. The largest absolute Gasteiger partial charge is 0.396 e. The van der Waals surface area contributed by atoms with Gasteiger partial charge in [0.25, 0.3) is 0 Å². The van der Waals surface area contributed by atoms with Crippen LogP contribution in [0.4, 0.5) is 11.5 Å². The summed E-state index contributed by atoms with van der Waals surface area (Å²) < 4.78 is 0. The molecule has 3 rings (SSSR count). The predicted molar refractivity (Wildman–Crippen MR) is 79.5 cm³/mol. The van der Waals surface area contributed by atoms with Crippen LogP contribution in [0.2, 0.25) is 0 Å². The Hall–Kier alpha value is -2.95. The van der Waals surface area contributed by atoms with E-state index in [1.54, 1.807) is 24.8 Å². The molecule has 98 valence electrons. The average molecular weight is 263 g/mol. The molecular weight excluding hydrogens is 250 g/mol. The van der Waals surface area contributed by atoms with Crippen molar-refractivity contribution in [1.29, 1.82) is 0 Å². The van der Waals surface area contributed by atoms with Gasteiger partial charge in [-0.05, 0) is 35.9 Å². The highest BCUT2D eigenvalue weighted by Crippen LogP contribution is 2.33. The van der Waals surface area contributed by atoms with E-state index in [-0.39, 0.29) is 0 Å². The molecule has 0 unspecified atom stereocenters.